The van der Waals surface area contributed by atoms with Crippen LogP contribution in [0.1, 0.15) is 19.8 Å². The maximum Gasteiger partial charge on any atom is 0.211 e. The third-order valence-electron chi connectivity index (χ3n) is 4.22. The molecule has 0 unspecified atom stereocenters. The Hall–Kier alpha value is -1.61. The summed E-state index contributed by atoms with van der Waals surface area (Å²) < 4.78 is 39.6. The predicted octanol–water partition coefficient (Wildman–Crippen LogP) is 2.39. The molecule has 1 aliphatic heterocycles. The highest BCUT2D eigenvalue weighted by Gasteiger charge is 2.29. The van der Waals surface area contributed by atoms with Gasteiger partial charge < -0.3 is 9.47 Å². The van der Waals surface area contributed by atoms with Crippen LogP contribution in [0.5, 0.6) is 5.75 Å². The van der Waals surface area contributed by atoms with Gasteiger partial charge in [-0.05, 0) is 44.0 Å². The summed E-state index contributed by atoms with van der Waals surface area (Å²) in [4.78, 5) is 0. The third kappa shape index (κ3) is 4.97. The van der Waals surface area contributed by atoms with Crippen LogP contribution in [0.3, 0.4) is 0 Å². The molecule has 1 aliphatic rings. The molecule has 1 fully saturated rings. The Morgan fingerprint density at radius 2 is 2.15 bits per heavy atom. The minimum absolute atomic E-state index is 0.0516. The standard InChI is InChI=1S/C17H22ClN3O4S/c1-2-26(22,23)20-16-4-3-9-24-17(16)12-25-15-7-5-14(6-8-15)21-11-13(18)10-19-21/h5-8,10-11,16-17,20H,2-4,9,12H2,1H3/t16-,17+/m0/s1. The summed E-state index contributed by atoms with van der Waals surface area (Å²) in [6, 6.07) is 7.15. The number of hydrogen-bond donors (Lipinski definition) is 1. The predicted molar refractivity (Wildman–Crippen MR) is 99.4 cm³/mol. The maximum absolute atomic E-state index is 11.8. The summed E-state index contributed by atoms with van der Waals surface area (Å²) in [6.45, 7) is 2.51. The van der Waals surface area contributed by atoms with E-state index < -0.39 is 10.0 Å². The van der Waals surface area contributed by atoms with Crippen molar-refractivity contribution in [3.63, 3.8) is 0 Å². The first-order valence-corrected chi connectivity index (χ1v) is 10.5. The highest BCUT2D eigenvalue weighted by atomic mass is 35.5. The summed E-state index contributed by atoms with van der Waals surface area (Å²) in [5.41, 5.74) is 0.867. The van der Waals surface area contributed by atoms with Gasteiger partial charge in [0.1, 0.15) is 18.5 Å². The molecule has 2 aromatic rings. The number of sulfonamides is 1. The van der Waals surface area contributed by atoms with Gasteiger partial charge in [-0.25, -0.2) is 17.8 Å². The fourth-order valence-corrected chi connectivity index (χ4v) is 3.80. The van der Waals surface area contributed by atoms with E-state index in [-0.39, 0.29) is 24.5 Å². The van der Waals surface area contributed by atoms with Crippen molar-refractivity contribution < 1.29 is 17.9 Å². The molecule has 0 radical (unpaired) electrons. The van der Waals surface area contributed by atoms with Crippen LogP contribution in [0.2, 0.25) is 5.02 Å². The van der Waals surface area contributed by atoms with Gasteiger partial charge >= 0.3 is 0 Å². The van der Waals surface area contributed by atoms with Crippen molar-refractivity contribution in [3.05, 3.63) is 41.7 Å². The zero-order valence-corrected chi connectivity index (χ0v) is 16.0. The van der Waals surface area contributed by atoms with Gasteiger partial charge in [0.15, 0.2) is 0 Å². The van der Waals surface area contributed by atoms with Crippen LogP contribution >= 0.6 is 11.6 Å². The Balaban J connectivity index is 1.60. The van der Waals surface area contributed by atoms with Crippen molar-refractivity contribution in [1.82, 2.24) is 14.5 Å². The largest absolute Gasteiger partial charge is 0.491 e. The van der Waals surface area contributed by atoms with Crippen LogP contribution < -0.4 is 9.46 Å². The molecule has 0 spiro atoms. The van der Waals surface area contributed by atoms with Crippen LogP contribution in [0.25, 0.3) is 5.69 Å². The first-order valence-electron chi connectivity index (χ1n) is 8.52. The molecule has 9 heteroatoms. The summed E-state index contributed by atoms with van der Waals surface area (Å²) in [6.07, 6.45) is 4.55. The van der Waals surface area contributed by atoms with Gasteiger partial charge in [-0.2, -0.15) is 5.10 Å². The molecule has 0 saturated carbocycles. The van der Waals surface area contributed by atoms with Crippen molar-refractivity contribution in [2.45, 2.75) is 31.9 Å². The van der Waals surface area contributed by atoms with Crippen molar-refractivity contribution in [2.24, 2.45) is 0 Å². The number of nitrogens with zero attached hydrogens (tertiary/aromatic N) is 2. The fourth-order valence-electron chi connectivity index (χ4n) is 2.77. The van der Waals surface area contributed by atoms with Gasteiger partial charge in [-0.1, -0.05) is 11.6 Å². The quantitative estimate of drug-likeness (QED) is 0.773. The lowest BCUT2D eigenvalue weighted by molar-refractivity contribution is -0.0279. The average molecular weight is 400 g/mol. The SMILES string of the molecule is CCS(=O)(=O)N[C@H]1CCCO[C@@H]1COc1ccc(-n2cc(Cl)cn2)cc1. The molecule has 7 nitrogen and oxygen atoms in total. The Bertz CT molecular complexity index is 823. The first kappa shape index (κ1) is 19.2. The number of hydrogen-bond acceptors (Lipinski definition) is 5. The molecule has 1 N–H and O–H groups in total. The Kier molecular flexibility index (Phi) is 6.18. The van der Waals surface area contributed by atoms with E-state index in [1.165, 1.54) is 0 Å². The number of benzene rings is 1. The van der Waals surface area contributed by atoms with Gasteiger partial charge in [0.25, 0.3) is 0 Å². The van der Waals surface area contributed by atoms with Gasteiger partial charge in [0, 0.05) is 12.8 Å². The zero-order valence-electron chi connectivity index (χ0n) is 14.5. The molecule has 0 bridgehead atoms. The normalized spacial score (nSPS) is 20.8. The highest BCUT2D eigenvalue weighted by Crippen LogP contribution is 2.20. The molecule has 3 rings (SSSR count). The number of rotatable bonds is 7. The molecule has 2 heterocycles. The van der Waals surface area contributed by atoms with E-state index in [4.69, 9.17) is 21.1 Å². The maximum atomic E-state index is 11.8. The second-order valence-corrected chi connectivity index (χ2v) is 8.57. The van der Waals surface area contributed by atoms with Crippen LogP contribution in [0, 0.1) is 0 Å². The van der Waals surface area contributed by atoms with Gasteiger partial charge in [-0.3, -0.25) is 0 Å². The van der Waals surface area contributed by atoms with Crippen LogP contribution in [0.15, 0.2) is 36.7 Å². The average Bonchev–Trinajstić information content (AvgIpc) is 3.07. The van der Waals surface area contributed by atoms with E-state index in [1.54, 1.807) is 24.0 Å². The molecule has 1 aromatic carbocycles. The van der Waals surface area contributed by atoms with E-state index in [9.17, 15) is 8.42 Å². The molecule has 0 aliphatic carbocycles. The summed E-state index contributed by atoms with van der Waals surface area (Å²) in [5.74, 6) is 0.731. The number of aromatic nitrogens is 2. The fraction of sp³-hybridized carbons (Fsp3) is 0.471. The molecule has 0 amide bonds. The molecule has 142 valence electrons. The highest BCUT2D eigenvalue weighted by molar-refractivity contribution is 7.89. The Morgan fingerprint density at radius 1 is 1.38 bits per heavy atom. The van der Waals surface area contributed by atoms with E-state index >= 15 is 0 Å². The minimum atomic E-state index is -3.28. The van der Waals surface area contributed by atoms with E-state index in [0.29, 0.717) is 17.4 Å². The topological polar surface area (TPSA) is 82.5 Å². The number of halogens is 1. The molecular formula is C17H22ClN3O4S. The summed E-state index contributed by atoms with van der Waals surface area (Å²) in [7, 11) is -3.28. The van der Waals surface area contributed by atoms with Crippen molar-refractivity contribution in [3.8, 4) is 11.4 Å². The summed E-state index contributed by atoms with van der Waals surface area (Å²) in [5, 5.41) is 4.72. The monoisotopic (exact) mass is 399 g/mol. The number of nitrogens with one attached hydrogen (secondary N) is 1. The number of ether oxygens (including phenoxy) is 2. The first-order chi connectivity index (χ1) is 12.5. The molecule has 1 aromatic heterocycles. The van der Waals surface area contributed by atoms with Gasteiger partial charge in [-0.15, -0.1) is 0 Å². The summed E-state index contributed by atoms with van der Waals surface area (Å²) >= 11 is 5.88. The second kappa shape index (κ2) is 8.39. The van der Waals surface area contributed by atoms with Crippen LogP contribution in [-0.4, -0.2) is 49.3 Å². The van der Waals surface area contributed by atoms with E-state index in [0.717, 1.165) is 18.5 Å². The molecule has 2 atom stereocenters. The van der Waals surface area contributed by atoms with Crippen molar-refractivity contribution in [1.29, 1.82) is 0 Å². The molecular weight excluding hydrogens is 378 g/mol. The molecule has 26 heavy (non-hydrogen) atoms. The van der Waals surface area contributed by atoms with Gasteiger partial charge in [0.2, 0.25) is 10.0 Å². The lowest BCUT2D eigenvalue weighted by Gasteiger charge is -2.31. The van der Waals surface area contributed by atoms with Crippen LogP contribution in [-0.2, 0) is 14.8 Å². The Morgan fingerprint density at radius 3 is 2.81 bits per heavy atom. The van der Waals surface area contributed by atoms with Crippen molar-refractivity contribution in [2.75, 3.05) is 19.0 Å². The third-order valence-corrected chi connectivity index (χ3v) is 5.83. The van der Waals surface area contributed by atoms with Crippen molar-refractivity contribution >= 4 is 21.6 Å². The Labute approximate surface area is 158 Å². The smallest absolute Gasteiger partial charge is 0.211 e. The van der Waals surface area contributed by atoms with E-state index in [2.05, 4.69) is 9.82 Å². The lowest BCUT2D eigenvalue weighted by Crippen LogP contribution is -2.49. The van der Waals surface area contributed by atoms with Gasteiger partial charge in [0.05, 0.1) is 28.7 Å². The zero-order chi connectivity index (χ0) is 18.6. The minimum Gasteiger partial charge on any atom is -0.491 e. The van der Waals surface area contributed by atoms with E-state index in [1.807, 2.05) is 24.3 Å². The molecule has 1 saturated heterocycles. The second-order valence-electron chi connectivity index (χ2n) is 6.09. The lowest BCUT2D eigenvalue weighted by atomic mass is 10.0. The van der Waals surface area contributed by atoms with Crippen LogP contribution in [0.4, 0.5) is 0 Å².